The Morgan fingerprint density at radius 2 is 2.29 bits per heavy atom. The zero-order valence-electron chi connectivity index (χ0n) is 9.01. The minimum absolute atomic E-state index is 0.314. The SMILES string of the molecule is Cc1cn([C@H]2C=C(F)[C@@H](CO)O2)c(=O)[nH]c1=O. The predicted octanol–water partition coefficient (Wildman–Crippen LogP) is -0.412. The molecule has 17 heavy (non-hydrogen) atoms. The smallest absolute Gasteiger partial charge is 0.330 e. The maximum absolute atomic E-state index is 13.2. The van der Waals surface area contributed by atoms with Crippen LogP contribution in [0.3, 0.4) is 0 Å². The molecular weight excluding hydrogens is 231 g/mol. The molecule has 0 aliphatic carbocycles. The standard InChI is InChI=1S/C10H11FN2O4/c1-5-3-13(10(16)12-9(5)15)8-2-6(11)7(4-14)17-8/h2-3,7-8,14H,4H2,1H3,(H,12,15,16)/t7-,8-/m1/s1. The van der Waals surface area contributed by atoms with Crippen molar-refractivity contribution in [3.63, 3.8) is 0 Å². The lowest BCUT2D eigenvalue weighted by Crippen LogP contribution is -2.33. The van der Waals surface area contributed by atoms with Crippen molar-refractivity contribution in [3.8, 4) is 0 Å². The van der Waals surface area contributed by atoms with Crippen molar-refractivity contribution in [2.75, 3.05) is 6.61 Å². The number of rotatable bonds is 2. The summed E-state index contributed by atoms with van der Waals surface area (Å²) >= 11 is 0. The lowest BCUT2D eigenvalue weighted by atomic mass is 10.3. The van der Waals surface area contributed by atoms with Crippen LogP contribution in [-0.2, 0) is 4.74 Å². The van der Waals surface area contributed by atoms with E-state index in [9.17, 15) is 14.0 Å². The molecule has 2 rings (SSSR count). The Hall–Kier alpha value is -1.73. The third-order valence-corrected chi connectivity index (χ3v) is 2.50. The molecule has 1 aromatic rings. The van der Waals surface area contributed by atoms with E-state index in [-0.39, 0.29) is 0 Å². The van der Waals surface area contributed by atoms with Crippen LogP contribution in [0.1, 0.15) is 11.8 Å². The van der Waals surface area contributed by atoms with Crippen LogP contribution in [0, 0.1) is 6.92 Å². The van der Waals surface area contributed by atoms with Crippen LogP contribution in [0.2, 0.25) is 0 Å². The van der Waals surface area contributed by atoms with E-state index in [4.69, 9.17) is 9.84 Å². The highest BCUT2D eigenvalue weighted by molar-refractivity contribution is 5.10. The second-order valence-corrected chi connectivity index (χ2v) is 3.73. The molecule has 0 bridgehead atoms. The number of ether oxygens (including phenoxy) is 1. The number of aliphatic hydroxyl groups is 1. The molecule has 92 valence electrons. The average molecular weight is 242 g/mol. The van der Waals surface area contributed by atoms with Crippen molar-refractivity contribution in [1.82, 2.24) is 9.55 Å². The number of nitrogens with one attached hydrogen (secondary N) is 1. The van der Waals surface area contributed by atoms with Crippen LogP contribution in [-0.4, -0.2) is 27.4 Å². The van der Waals surface area contributed by atoms with Gasteiger partial charge < -0.3 is 9.84 Å². The molecule has 1 aliphatic rings. The Bertz CT molecular complexity index is 574. The first kappa shape index (κ1) is 11.7. The van der Waals surface area contributed by atoms with Crippen LogP contribution in [0.25, 0.3) is 0 Å². The van der Waals surface area contributed by atoms with Gasteiger partial charge in [-0.15, -0.1) is 0 Å². The number of aromatic nitrogens is 2. The fraction of sp³-hybridized carbons (Fsp3) is 0.400. The van der Waals surface area contributed by atoms with Crippen molar-refractivity contribution in [2.24, 2.45) is 0 Å². The second-order valence-electron chi connectivity index (χ2n) is 3.73. The highest BCUT2D eigenvalue weighted by Crippen LogP contribution is 2.26. The van der Waals surface area contributed by atoms with Crippen molar-refractivity contribution in [1.29, 1.82) is 0 Å². The van der Waals surface area contributed by atoms with Gasteiger partial charge in [-0.25, -0.2) is 9.18 Å². The van der Waals surface area contributed by atoms with E-state index in [1.807, 2.05) is 0 Å². The monoisotopic (exact) mass is 242 g/mol. The first-order chi connectivity index (χ1) is 8.02. The lowest BCUT2D eigenvalue weighted by Gasteiger charge is -2.14. The summed E-state index contributed by atoms with van der Waals surface area (Å²) in [6.07, 6.45) is 0.365. The second kappa shape index (κ2) is 4.27. The third kappa shape index (κ3) is 2.06. The highest BCUT2D eigenvalue weighted by atomic mass is 19.1. The molecule has 0 fully saturated rings. The normalized spacial score (nSPS) is 23.8. The number of aryl methyl sites for hydroxylation is 1. The first-order valence-electron chi connectivity index (χ1n) is 4.98. The number of hydrogen-bond acceptors (Lipinski definition) is 4. The van der Waals surface area contributed by atoms with Crippen LogP contribution in [0.15, 0.2) is 27.7 Å². The van der Waals surface area contributed by atoms with Crippen LogP contribution < -0.4 is 11.2 Å². The van der Waals surface area contributed by atoms with Crippen molar-refractivity contribution < 1.29 is 14.2 Å². The van der Waals surface area contributed by atoms with Gasteiger partial charge in [0.2, 0.25) is 0 Å². The Kier molecular flexibility index (Phi) is 2.95. The zero-order valence-corrected chi connectivity index (χ0v) is 9.01. The molecule has 0 aromatic carbocycles. The maximum atomic E-state index is 13.2. The van der Waals surface area contributed by atoms with Gasteiger partial charge in [0.1, 0.15) is 11.9 Å². The van der Waals surface area contributed by atoms with Crippen molar-refractivity contribution in [2.45, 2.75) is 19.3 Å². The van der Waals surface area contributed by atoms with Gasteiger partial charge in [0.05, 0.1) is 6.61 Å². The first-order valence-corrected chi connectivity index (χ1v) is 4.98. The molecule has 0 radical (unpaired) electrons. The topological polar surface area (TPSA) is 84.3 Å². The number of aliphatic hydroxyl groups excluding tert-OH is 1. The number of H-pyrrole nitrogens is 1. The average Bonchev–Trinajstić information content (AvgIpc) is 2.65. The number of nitrogens with zero attached hydrogens (tertiary/aromatic N) is 1. The minimum Gasteiger partial charge on any atom is -0.393 e. The zero-order chi connectivity index (χ0) is 12.6. The molecule has 6 nitrogen and oxygen atoms in total. The molecule has 0 saturated heterocycles. The molecule has 0 spiro atoms. The third-order valence-electron chi connectivity index (χ3n) is 2.50. The molecule has 0 saturated carbocycles. The van der Waals surface area contributed by atoms with Crippen LogP contribution in [0.5, 0.6) is 0 Å². The maximum Gasteiger partial charge on any atom is 0.330 e. The fourth-order valence-corrected chi connectivity index (χ4v) is 1.57. The van der Waals surface area contributed by atoms with E-state index in [1.54, 1.807) is 0 Å². The lowest BCUT2D eigenvalue weighted by molar-refractivity contribution is -0.0199. The minimum atomic E-state index is -1.06. The number of aromatic amines is 1. The summed E-state index contributed by atoms with van der Waals surface area (Å²) in [7, 11) is 0. The van der Waals surface area contributed by atoms with Gasteiger partial charge in [-0.2, -0.15) is 0 Å². The molecule has 7 heteroatoms. The van der Waals surface area contributed by atoms with E-state index < -0.39 is 36.0 Å². The van der Waals surface area contributed by atoms with Gasteiger partial charge in [-0.05, 0) is 13.0 Å². The van der Waals surface area contributed by atoms with E-state index in [0.717, 1.165) is 10.6 Å². The van der Waals surface area contributed by atoms with Crippen molar-refractivity contribution >= 4 is 0 Å². The van der Waals surface area contributed by atoms with Crippen LogP contribution in [0.4, 0.5) is 4.39 Å². The summed E-state index contributed by atoms with van der Waals surface area (Å²) in [6, 6.07) is 0. The molecule has 0 amide bonds. The fourth-order valence-electron chi connectivity index (χ4n) is 1.57. The number of halogens is 1. The Morgan fingerprint density at radius 1 is 1.59 bits per heavy atom. The summed E-state index contributed by atoms with van der Waals surface area (Å²) in [5, 5.41) is 8.82. The van der Waals surface area contributed by atoms with E-state index >= 15 is 0 Å². The molecule has 1 aliphatic heterocycles. The van der Waals surface area contributed by atoms with E-state index in [2.05, 4.69) is 4.98 Å². The van der Waals surface area contributed by atoms with Gasteiger partial charge in [-0.1, -0.05) is 0 Å². The Morgan fingerprint density at radius 3 is 2.88 bits per heavy atom. The molecule has 2 heterocycles. The predicted molar refractivity (Wildman–Crippen MR) is 56.2 cm³/mol. The molecule has 1 aromatic heterocycles. The molecule has 2 atom stereocenters. The summed E-state index contributed by atoms with van der Waals surface area (Å²) in [5.74, 6) is -0.631. The molecule has 2 N–H and O–H groups in total. The molecule has 0 unspecified atom stereocenters. The van der Waals surface area contributed by atoms with Crippen molar-refractivity contribution in [3.05, 3.63) is 44.5 Å². The number of hydrogen-bond donors (Lipinski definition) is 2. The summed E-state index contributed by atoms with van der Waals surface area (Å²) in [5.41, 5.74) is -0.866. The summed E-state index contributed by atoms with van der Waals surface area (Å²) in [4.78, 5) is 24.7. The largest absolute Gasteiger partial charge is 0.393 e. The quantitative estimate of drug-likeness (QED) is 0.738. The Balaban J connectivity index is 2.41. The van der Waals surface area contributed by atoms with Gasteiger partial charge >= 0.3 is 5.69 Å². The van der Waals surface area contributed by atoms with Gasteiger partial charge in [0, 0.05) is 11.8 Å². The van der Waals surface area contributed by atoms with Gasteiger partial charge in [0.15, 0.2) is 6.23 Å². The summed E-state index contributed by atoms with van der Waals surface area (Å²) < 4.78 is 19.4. The van der Waals surface area contributed by atoms with Crippen LogP contribution >= 0.6 is 0 Å². The summed E-state index contributed by atoms with van der Waals surface area (Å²) in [6.45, 7) is 1.02. The van der Waals surface area contributed by atoms with Gasteiger partial charge in [-0.3, -0.25) is 14.3 Å². The van der Waals surface area contributed by atoms with Gasteiger partial charge in [0.25, 0.3) is 5.56 Å². The highest BCUT2D eigenvalue weighted by Gasteiger charge is 2.28. The molecular formula is C10H11FN2O4. The Labute approximate surface area is 95.0 Å². The van der Waals surface area contributed by atoms with E-state index in [0.29, 0.717) is 5.56 Å². The van der Waals surface area contributed by atoms with E-state index in [1.165, 1.54) is 13.1 Å².